The Labute approximate surface area is 64.3 Å². The topological polar surface area (TPSA) is 26.0 Å². The molecule has 0 radical (unpaired) electrons. The minimum Gasteiger partial charge on any atom is -0.327 e. The Kier molecular flexibility index (Phi) is 3.10. The van der Waals surface area contributed by atoms with E-state index in [9.17, 15) is 0 Å². The van der Waals surface area contributed by atoms with Crippen molar-refractivity contribution in [1.29, 1.82) is 0 Å². The fraction of sp³-hybridized carbons (Fsp3) is 0.778. The van der Waals surface area contributed by atoms with Gasteiger partial charge in [-0.15, -0.1) is 0 Å². The second-order valence-corrected chi connectivity index (χ2v) is 3.95. The van der Waals surface area contributed by atoms with Crippen molar-refractivity contribution >= 4 is 0 Å². The fourth-order valence-electron chi connectivity index (χ4n) is 0.789. The van der Waals surface area contributed by atoms with E-state index in [0.29, 0.717) is 17.9 Å². The van der Waals surface area contributed by atoms with Crippen LogP contribution < -0.4 is 5.73 Å². The van der Waals surface area contributed by atoms with Crippen LogP contribution in [0.15, 0.2) is 12.2 Å². The van der Waals surface area contributed by atoms with Crippen molar-refractivity contribution in [2.24, 2.45) is 17.1 Å². The van der Waals surface area contributed by atoms with Crippen LogP contribution in [-0.4, -0.2) is 6.54 Å². The zero-order valence-corrected chi connectivity index (χ0v) is 7.57. The van der Waals surface area contributed by atoms with Gasteiger partial charge in [-0.3, -0.25) is 0 Å². The number of hydrogen-bond donors (Lipinski definition) is 1. The second kappa shape index (κ2) is 3.20. The summed E-state index contributed by atoms with van der Waals surface area (Å²) >= 11 is 0. The summed E-state index contributed by atoms with van der Waals surface area (Å²) < 4.78 is 0. The van der Waals surface area contributed by atoms with Gasteiger partial charge in [0.1, 0.15) is 0 Å². The van der Waals surface area contributed by atoms with Gasteiger partial charge in [-0.2, -0.15) is 0 Å². The Hall–Kier alpha value is -0.300. The Balaban J connectivity index is 4.08. The third-order valence-corrected chi connectivity index (χ3v) is 2.17. The van der Waals surface area contributed by atoms with Gasteiger partial charge < -0.3 is 5.73 Å². The molecule has 0 aromatic carbocycles. The Morgan fingerprint density at radius 2 is 1.90 bits per heavy atom. The molecule has 0 aliphatic rings. The molecule has 0 amide bonds. The van der Waals surface area contributed by atoms with E-state index in [1.54, 1.807) is 0 Å². The molecular formula is C9H19N. The summed E-state index contributed by atoms with van der Waals surface area (Å²) in [6.45, 7) is 13.3. The zero-order valence-electron chi connectivity index (χ0n) is 7.57. The summed E-state index contributed by atoms with van der Waals surface area (Å²) in [5.41, 5.74) is 6.92. The van der Waals surface area contributed by atoms with Gasteiger partial charge in [-0.25, -0.2) is 0 Å². The van der Waals surface area contributed by atoms with E-state index in [1.165, 1.54) is 0 Å². The molecule has 0 aliphatic carbocycles. The van der Waals surface area contributed by atoms with E-state index < -0.39 is 0 Å². The molecule has 0 aromatic heterocycles. The molecule has 1 atom stereocenters. The first-order valence-corrected chi connectivity index (χ1v) is 3.77. The first kappa shape index (κ1) is 9.70. The molecule has 2 N–H and O–H groups in total. The highest BCUT2D eigenvalue weighted by Gasteiger charge is 2.21. The third-order valence-electron chi connectivity index (χ3n) is 2.17. The molecule has 1 unspecified atom stereocenters. The molecule has 0 spiro atoms. The highest BCUT2D eigenvalue weighted by atomic mass is 14.5. The maximum absolute atomic E-state index is 5.47. The van der Waals surface area contributed by atoms with Crippen molar-refractivity contribution in [2.75, 3.05) is 6.54 Å². The van der Waals surface area contributed by atoms with Crippen LogP contribution in [-0.2, 0) is 0 Å². The summed E-state index contributed by atoms with van der Waals surface area (Å²) in [5, 5.41) is 0. The van der Waals surface area contributed by atoms with Crippen molar-refractivity contribution in [1.82, 2.24) is 0 Å². The molecule has 0 heterocycles. The molecular weight excluding hydrogens is 122 g/mol. The third kappa shape index (κ3) is 2.53. The lowest BCUT2D eigenvalue weighted by Gasteiger charge is -2.28. The summed E-state index contributed by atoms with van der Waals surface area (Å²) in [7, 11) is 0. The van der Waals surface area contributed by atoms with Crippen molar-refractivity contribution < 1.29 is 0 Å². The van der Waals surface area contributed by atoms with Gasteiger partial charge in [0.05, 0.1) is 0 Å². The first-order valence-electron chi connectivity index (χ1n) is 3.77. The zero-order chi connectivity index (χ0) is 8.36. The fourth-order valence-corrected chi connectivity index (χ4v) is 0.789. The van der Waals surface area contributed by atoms with Gasteiger partial charge >= 0.3 is 0 Å². The summed E-state index contributed by atoms with van der Waals surface area (Å²) in [6, 6.07) is 0. The molecule has 1 heteroatoms. The first-order chi connectivity index (χ1) is 4.39. The Bertz CT molecular complexity index is 119. The number of nitrogens with two attached hydrogens (primary N) is 1. The van der Waals surface area contributed by atoms with Crippen LogP contribution >= 0.6 is 0 Å². The minimum atomic E-state index is 0.302. The Morgan fingerprint density at radius 1 is 1.50 bits per heavy atom. The van der Waals surface area contributed by atoms with E-state index in [1.807, 2.05) is 0 Å². The van der Waals surface area contributed by atoms with Crippen molar-refractivity contribution in [3.63, 3.8) is 0 Å². The van der Waals surface area contributed by atoms with Crippen molar-refractivity contribution in [3.05, 3.63) is 12.2 Å². The maximum atomic E-state index is 5.47. The van der Waals surface area contributed by atoms with Gasteiger partial charge in [0, 0.05) is 6.54 Å². The van der Waals surface area contributed by atoms with Crippen LogP contribution in [0.2, 0.25) is 0 Å². The standard InChI is InChI=1S/C9H19N/c1-7(6-10)8(2)9(3,4)5/h8H,1,6,10H2,2-5H3. The van der Waals surface area contributed by atoms with E-state index in [2.05, 4.69) is 34.3 Å². The predicted octanol–water partition coefficient (Wildman–Crippen LogP) is 2.18. The SMILES string of the molecule is C=C(CN)C(C)C(C)(C)C. The predicted molar refractivity (Wildman–Crippen MR) is 46.8 cm³/mol. The van der Waals surface area contributed by atoms with E-state index >= 15 is 0 Å². The molecule has 0 saturated heterocycles. The van der Waals surface area contributed by atoms with Crippen LogP contribution in [0.4, 0.5) is 0 Å². The lowest BCUT2D eigenvalue weighted by Crippen LogP contribution is -2.22. The van der Waals surface area contributed by atoms with Crippen molar-refractivity contribution in [2.45, 2.75) is 27.7 Å². The maximum Gasteiger partial charge on any atom is 0.0137 e. The highest BCUT2D eigenvalue weighted by Crippen LogP contribution is 2.29. The molecule has 0 aromatic rings. The Morgan fingerprint density at radius 3 is 2.00 bits per heavy atom. The molecule has 60 valence electrons. The number of hydrogen-bond acceptors (Lipinski definition) is 1. The van der Waals surface area contributed by atoms with E-state index in [4.69, 9.17) is 5.73 Å². The summed E-state index contributed by atoms with van der Waals surface area (Å²) in [5.74, 6) is 0.512. The van der Waals surface area contributed by atoms with Crippen LogP contribution in [0.1, 0.15) is 27.7 Å². The highest BCUT2D eigenvalue weighted by molar-refractivity contribution is 5.04. The second-order valence-electron chi connectivity index (χ2n) is 3.95. The van der Waals surface area contributed by atoms with Gasteiger partial charge in [-0.05, 0) is 11.3 Å². The van der Waals surface area contributed by atoms with Crippen LogP contribution in [0, 0.1) is 11.3 Å². The summed E-state index contributed by atoms with van der Waals surface area (Å²) in [4.78, 5) is 0. The van der Waals surface area contributed by atoms with Crippen LogP contribution in [0.25, 0.3) is 0 Å². The normalized spacial score (nSPS) is 14.9. The van der Waals surface area contributed by atoms with Gasteiger partial charge in [0.15, 0.2) is 0 Å². The van der Waals surface area contributed by atoms with E-state index in [-0.39, 0.29) is 0 Å². The minimum absolute atomic E-state index is 0.302. The number of rotatable bonds is 2. The molecule has 0 bridgehead atoms. The largest absolute Gasteiger partial charge is 0.327 e. The lowest BCUT2D eigenvalue weighted by atomic mass is 9.78. The average Bonchev–Trinajstić information content (AvgIpc) is 1.83. The molecule has 0 saturated carbocycles. The smallest absolute Gasteiger partial charge is 0.0137 e. The lowest BCUT2D eigenvalue weighted by molar-refractivity contribution is 0.299. The van der Waals surface area contributed by atoms with Crippen LogP contribution in [0.3, 0.4) is 0 Å². The average molecular weight is 141 g/mol. The summed E-state index contributed by atoms with van der Waals surface area (Å²) in [6.07, 6.45) is 0. The molecule has 1 nitrogen and oxygen atoms in total. The molecule has 0 rings (SSSR count). The molecule has 10 heavy (non-hydrogen) atoms. The quantitative estimate of drug-likeness (QED) is 0.586. The van der Waals surface area contributed by atoms with Gasteiger partial charge in [0.2, 0.25) is 0 Å². The van der Waals surface area contributed by atoms with Crippen molar-refractivity contribution in [3.8, 4) is 0 Å². The molecule has 0 aliphatic heterocycles. The molecule has 0 fully saturated rings. The van der Waals surface area contributed by atoms with Gasteiger partial charge in [0.25, 0.3) is 0 Å². The van der Waals surface area contributed by atoms with Gasteiger partial charge in [-0.1, -0.05) is 39.8 Å². The van der Waals surface area contributed by atoms with Crippen LogP contribution in [0.5, 0.6) is 0 Å². The van der Waals surface area contributed by atoms with E-state index in [0.717, 1.165) is 5.57 Å². The monoisotopic (exact) mass is 141 g/mol.